The van der Waals surface area contributed by atoms with Gasteiger partial charge in [-0.1, -0.05) is 23.7 Å². The largest absolute Gasteiger partial charge is 0.508 e. The number of phenolic OH excluding ortho intramolecular Hbond substituents is 1. The Labute approximate surface area is 111 Å². The van der Waals surface area contributed by atoms with E-state index in [0.717, 1.165) is 16.8 Å². The number of aryl methyl sites for hydroxylation is 1. The van der Waals surface area contributed by atoms with Crippen LogP contribution in [0.1, 0.15) is 24.1 Å². The summed E-state index contributed by atoms with van der Waals surface area (Å²) >= 11 is 5.82. The Morgan fingerprint density at radius 1 is 1.28 bits per heavy atom. The second-order valence-electron chi connectivity index (χ2n) is 4.28. The first-order valence-corrected chi connectivity index (χ1v) is 6.11. The van der Waals surface area contributed by atoms with Gasteiger partial charge in [0.2, 0.25) is 0 Å². The molecule has 1 aromatic carbocycles. The fourth-order valence-corrected chi connectivity index (χ4v) is 1.96. The van der Waals surface area contributed by atoms with Crippen LogP contribution in [-0.4, -0.2) is 10.1 Å². The topological polar surface area (TPSA) is 45.2 Å². The molecule has 0 amide bonds. The summed E-state index contributed by atoms with van der Waals surface area (Å²) < 4.78 is 0. The van der Waals surface area contributed by atoms with Crippen LogP contribution in [0.3, 0.4) is 0 Å². The zero-order chi connectivity index (χ0) is 13.1. The van der Waals surface area contributed by atoms with E-state index in [0.29, 0.717) is 5.15 Å². The maximum Gasteiger partial charge on any atom is 0.129 e. The maximum atomic E-state index is 9.26. The van der Waals surface area contributed by atoms with Crippen molar-refractivity contribution in [3.05, 3.63) is 52.8 Å². The number of pyridine rings is 1. The van der Waals surface area contributed by atoms with Crippen molar-refractivity contribution >= 4 is 17.3 Å². The van der Waals surface area contributed by atoms with Gasteiger partial charge in [-0.3, -0.25) is 0 Å². The van der Waals surface area contributed by atoms with Crippen molar-refractivity contribution in [3.8, 4) is 5.75 Å². The highest BCUT2D eigenvalue weighted by molar-refractivity contribution is 6.29. The lowest BCUT2D eigenvalue weighted by Crippen LogP contribution is -2.07. The molecule has 0 radical (unpaired) electrons. The molecule has 18 heavy (non-hydrogen) atoms. The molecular formula is C14H15ClN2O. The van der Waals surface area contributed by atoms with Crippen LogP contribution in [0.4, 0.5) is 5.69 Å². The molecule has 0 aliphatic carbocycles. The van der Waals surface area contributed by atoms with Crippen molar-refractivity contribution < 1.29 is 5.11 Å². The number of hydrogen-bond donors (Lipinski definition) is 2. The van der Waals surface area contributed by atoms with Gasteiger partial charge in [0.05, 0.1) is 11.9 Å². The lowest BCUT2D eigenvalue weighted by Gasteiger charge is -2.17. The first-order chi connectivity index (χ1) is 8.56. The van der Waals surface area contributed by atoms with Gasteiger partial charge < -0.3 is 10.4 Å². The Bertz CT molecular complexity index is 540. The van der Waals surface area contributed by atoms with Crippen LogP contribution < -0.4 is 5.32 Å². The van der Waals surface area contributed by atoms with Crippen molar-refractivity contribution in [2.24, 2.45) is 0 Å². The van der Waals surface area contributed by atoms with Crippen molar-refractivity contribution in [2.45, 2.75) is 19.9 Å². The van der Waals surface area contributed by atoms with Gasteiger partial charge in [-0.2, -0.15) is 0 Å². The van der Waals surface area contributed by atoms with Gasteiger partial charge in [0, 0.05) is 6.04 Å². The number of halogens is 1. The van der Waals surface area contributed by atoms with Gasteiger partial charge in [0.1, 0.15) is 10.9 Å². The molecule has 0 saturated heterocycles. The minimum atomic E-state index is 0.132. The molecular weight excluding hydrogens is 248 g/mol. The maximum absolute atomic E-state index is 9.26. The standard InChI is InChI=1S/C14H15ClN2O/c1-9-7-14(15)16-8-13(9)17-10(2)11-3-5-12(18)6-4-11/h3-8,10,17-18H,1-2H3. The summed E-state index contributed by atoms with van der Waals surface area (Å²) in [5.41, 5.74) is 3.11. The summed E-state index contributed by atoms with van der Waals surface area (Å²) in [6.45, 7) is 4.04. The second-order valence-corrected chi connectivity index (χ2v) is 4.67. The molecule has 0 saturated carbocycles. The molecule has 4 heteroatoms. The van der Waals surface area contributed by atoms with Gasteiger partial charge in [0.15, 0.2) is 0 Å². The summed E-state index contributed by atoms with van der Waals surface area (Å²) in [6, 6.07) is 9.11. The van der Waals surface area contributed by atoms with E-state index in [2.05, 4.69) is 17.2 Å². The van der Waals surface area contributed by atoms with E-state index in [-0.39, 0.29) is 11.8 Å². The monoisotopic (exact) mass is 262 g/mol. The predicted octanol–water partition coefficient (Wildman–Crippen LogP) is 3.92. The van der Waals surface area contributed by atoms with E-state index in [1.807, 2.05) is 25.1 Å². The lowest BCUT2D eigenvalue weighted by atomic mass is 10.1. The number of nitrogens with one attached hydrogen (secondary N) is 1. The Balaban J connectivity index is 2.15. The average Bonchev–Trinajstić information content (AvgIpc) is 2.33. The van der Waals surface area contributed by atoms with Crippen molar-refractivity contribution in [1.29, 1.82) is 0 Å². The number of benzene rings is 1. The Morgan fingerprint density at radius 2 is 1.94 bits per heavy atom. The molecule has 2 N–H and O–H groups in total. The van der Waals surface area contributed by atoms with Crippen LogP contribution in [0.2, 0.25) is 5.15 Å². The lowest BCUT2D eigenvalue weighted by molar-refractivity contribution is 0.475. The number of hydrogen-bond acceptors (Lipinski definition) is 3. The molecule has 3 nitrogen and oxygen atoms in total. The number of aromatic hydroxyl groups is 1. The van der Waals surface area contributed by atoms with Crippen molar-refractivity contribution in [1.82, 2.24) is 4.98 Å². The molecule has 2 aromatic rings. The van der Waals surface area contributed by atoms with Crippen molar-refractivity contribution in [2.75, 3.05) is 5.32 Å². The molecule has 94 valence electrons. The minimum absolute atomic E-state index is 0.132. The van der Waals surface area contributed by atoms with E-state index in [1.165, 1.54) is 0 Å². The van der Waals surface area contributed by atoms with Crippen LogP contribution in [0.15, 0.2) is 36.5 Å². The summed E-state index contributed by atoms with van der Waals surface area (Å²) in [7, 11) is 0. The highest BCUT2D eigenvalue weighted by Crippen LogP contribution is 2.24. The van der Waals surface area contributed by atoms with Gasteiger partial charge in [-0.25, -0.2) is 4.98 Å². The fraction of sp³-hybridized carbons (Fsp3) is 0.214. The Hall–Kier alpha value is -1.74. The third-order valence-electron chi connectivity index (χ3n) is 2.84. The molecule has 1 unspecified atom stereocenters. The number of nitrogens with zero attached hydrogens (tertiary/aromatic N) is 1. The van der Waals surface area contributed by atoms with E-state index < -0.39 is 0 Å². The SMILES string of the molecule is Cc1cc(Cl)ncc1NC(C)c1ccc(O)cc1. The van der Waals surface area contributed by atoms with Crippen LogP contribution in [0, 0.1) is 6.92 Å². The number of rotatable bonds is 3. The number of aromatic nitrogens is 1. The fourth-order valence-electron chi connectivity index (χ4n) is 1.75. The minimum Gasteiger partial charge on any atom is -0.508 e. The zero-order valence-corrected chi connectivity index (χ0v) is 11.1. The first-order valence-electron chi connectivity index (χ1n) is 5.74. The predicted molar refractivity (Wildman–Crippen MR) is 74.1 cm³/mol. The Kier molecular flexibility index (Phi) is 3.72. The molecule has 0 aliphatic rings. The van der Waals surface area contributed by atoms with Crippen LogP contribution >= 0.6 is 11.6 Å². The quantitative estimate of drug-likeness (QED) is 0.824. The molecule has 1 atom stereocenters. The summed E-state index contributed by atoms with van der Waals surface area (Å²) in [5.74, 6) is 0.273. The average molecular weight is 263 g/mol. The van der Waals surface area contributed by atoms with E-state index in [1.54, 1.807) is 18.3 Å². The molecule has 0 fully saturated rings. The molecule has 1 aromatic heterocycles. The van der Waals surface area contributed by atoms with Crippen LogP contribution in [0.25, 0.3) is 0 Å². The third-order valence-corrected chi connectivity index (χ3v) is 3.05. The highest BCUT2D eigenvalue weighted by Gasteiger charge is 2.07. The van der Waals surface area contributed by atoms with Crippen LogP contribution in [-0.2, 0) is 0 Å². The first kappa shape index (κ1) is 12.7. The van der Waals surface area contributed by atoms with Gasteiger partial charge in [-0.05, 0) is 43.2 Å². The summed E-state index contributed by atoms with van der Waals surface area (Å²) in [6.07, 6.45) is 1.73. The smallest absolute Gasteiger partial charge is 0.129 e. The summed E-state index contributed by atoms with van der Waals surface area (Å²) in [5, 5.41) is 13.1. The number of anilines is 1. The number of phenols is 1. The zero-order valence-electron chi connectivity index (χ0n) is 10.3. The van der Waals surface area contributed by atoms with E-state index in [4.69, 9.17) is 11.6 Å². The van der Waals surface area contributed by atoms with Gasteiger partial charge in [-0.15, -0.1) is 0 Å². The summed E-state index contributed by atoms with van der Waals surface area (Å²) in [4.78, 5) is 4.06. The molecule has 0 spiro atoms. The molecule has 0 aliphatic heterocycles. The molecule has 2 rings (SSSR count). The van der Waals surface area contributed by atoms with Gasteiger partial charge >= 0.3 is 0 Å². The van der Waals surface area contributed by atoms with Crippen LogP contribution in [0.5, 0.6) is 5.75 Å². The Morgan fingerprint density at radius 3 is 2.56 bits per heavy atom. The third kappa shape index (κ3) is 2.93. The van der Waals surface area contributed by atoms with E-state index >= 15 is 0 Å². The van der Waals surface area contributed by atoms with Crippen molar-refractivity contribution in [3.63, 3.8) is 0 Å². The molecule has 1 heterocycles. The van der Waals surface area contributed by atoms with Gasteiger partial charge in [0.25, 0.3) is 0 Å². The normalized spacial score (nSPS) is 12.2. The highest BCUT2D eigenvalue weighted by atomic mass is 35.5. The van der Waals surface area contributed by atoms with E-state index in [9.17, 15) is 5.11 Å². The second kappa shape index (κ2) is 5.27. The molecule has 0 bridgehead atoms.